The fraction of sp³-hybridized carbons (Fsp3) is 0.435. The van der Waals surface area contributed by atoms with Gasteiger partial charge in [0.25, 0.3) is 0 Å². The summed E-state index contributed by atoms with van der Waals surface area (Å²) >= 11 is 1.74. The van der Waals surface area contributed by atoms with Crippen molar-refractivity contribution in [3.8, 4) is 0 Å². The minimum Gasteiger partial charge on any atom is -0.353 e. The normalized spacial score (nSPS) is 12.4. The lowest BCUT2D eigenvalue weighted by molar-refractivity contribution is -0.122. The molecule has 0 spiro atoms. The van der Waals surface area contributed by atoms with Gasteiger partial charge in [-0.3, -0.25) is 9.10 Å². The molecular formula is C23H32N2O3S2. The van der Waals surface area contributed by atoms with E-state index in [0.717, 1.165) is 28.9 Å². The number of carbonyl (C=O) groups excluding carboxylic acids is 1. The number of anilines is 1. The molecule has 0 saturated heterocycles. The standard InChI is InChI=1S/C23H32N2O3S2/c1-6-22(25(30(5,27)28)21-12-9-18(3)19(4)15-21)23(26)24-13-14-29-16-20-10-7-17(2)8-11-20/h7-12,15,22H,6,13-14,16H2,1-5H3,(H,24,26). The summed E-state index contributed by atoms with van der Waals surface area (Å²) in [6, 6.07) is 13.1. The average Bonchev–Trinajstić information content (AvgIpc) is 2.68. The molecule has 1 atom stereocenters. The summed E-state index contributed by atoms with van der Waals surface area (Å²) in [7, 11) is -3.61. The number of benzene rings is 2. The number of aryl methyl sites for hydroxylation is 3. The number of nitrogens with one attached hydrogen (secondary N) is 1. The van der Waals surface area contributed by atoms with E-state index in [0.29, 0.717) is 18.7 Å². The number of amides is 1. The molecule has 30 heavy (non-hydrogen) atoms. The highest BCUT2D eigenvalue weighted by Gasteiger charge is 2.31. The summed E-state index contributed by atoms with van der Waals surface area (Å²) in [5.41, 5.74) is 5.08. The van der Waals surface area contributed by atoms with Gasteiger partial charge >= 0.3 is 0 Å². The number of carbonyl (C=O) groups is 1. The van der Waals surface area contributed by atoms with Crippen LogP contribution in [0.5, 0.6) is 0 Å². The Kier molecular flexibility index (Phi) is 8.79. The van der Waals surface area contributed by atoms with Crippen molar-refractivity contribution >= 4 is 33.4 Å². The van der Waals surface area contributed by atoms with Gasteiger partial charge in [0, 0.05) is 18.1 Å². The monoisotopic (exact) mass is 448 g/mol. The molecule has 1 amide bonds. The number of hydrogen-bond acceptors (Lipinski definition) is 4. The van der Waals surface area contributed by atoms with Crippen molar-refractivity contribution in [2.75, 3.05) is 22.9 Å². The van der Waals surface area contributed by atoms with Crippen molar-refractivity contribution in [1.29, 1.82) is 0 Å². The van der Waals surface area contributed by atoms with Crippen molar-refractivity contribution < 1.29 is 13.2 Å². The molecule has 0 bridgehead atoms. The van der Waals surface area contributed by atoms with Gasteiger partial charge in [0.05, 0.1) is 11.9 Å². The quantitative estimate of drug-likeness (QED) is 0.553. The van der Waals surface area contributed by atoms with Crippen LogP contribution in [0.3, 0.4) is 0 Å². The third-order valence-electron chi connectivity index (χ3n) is 5.01. The maximum absolute atomic E-state index is 12.8. The topological polar surface area (TPSA) is 66.5 Å². The highest BCUT2D eigenvalue weighted by atomic mass is 32.2. The molecule has 1 unspecified atom stereocenters. The summed E-state index contributed by atoms with van der Waals surface area (Å²) in [5, 5.41) is 2.91. The second-order valence-electron chi connectivity index (χ2n) is 7.58. The number of nitrogens with zero attached hydrogens (tertiary/aromatic N) is 1. The van der Waals surface area contributed by atoms with E-state index in [-0.39, 0.29) is 5.91 Å². The molecule has 1 N–H and O–H groups in total. The first-order valence-corrected chi connectivity index (χ1v) is 13.1. The van der Waals surface area contributed by atoms with Gasteiger partial charge in [-0.15, -0.1) is 0 Å². The largest absolute Gasteiger partial charge is 0.353 e. The van der Waals surface area contributed by atoms with E-state index in [1.807, 2.05) is 32.9 Å². The molecule has 2 aromatic carbocycles. The van der Waals surface area contributed by atoms with Crippen LogP contribution in [0.25, 0.3) is 0 Å². The second-order valence-corrected chi connectivity index (χ2v) is 10.5. The van der Waals surface area contributed by atoms with Crippen LogP contribution < -0.4 is 9.62 Å². The summed E-state index contributed by atoms with van der Waals surface area (Å²) in [5.74, 6) is 1.38. The molecule has 2 rings (SSSR count). The van der Waals surface area contributed by atoms with Gasteiger partial charge in [-0.1, -0.05) is 42.8 Å². The number of hydrogen-bond donors (Lipinski definition) is 1. The minimum absolute atomic E-state index is 0.267. The van der Waals surface area contributed by atoms with E-state index >= 15 is 0 Å². The smallest absolute Gasteiger partial charge is 0.243 e. The first kappa shape index (κ1) is 24.3. The Hall–Kier alpha value is -1.99. The third kappa shape index (κ3) is 6.77. The summed E-state index contributed by atoms with van der Waals surface area (Å²) in [4.78, 5) is 12.8. The molecule has 7 heteroatoms. The van der Waals surface area contributed by atoms with Crippen molar-refractivity contribution in [2.45, 2.75) is 45.9 Å². The molecule has 5 nitrogen and oxygen atoms in total. The Labute approximate surface area is 185 Å². The molecular weight excluding hydrogens is 416 g/mol. The van der Waals surface area contributed by atoms with Gasteiger partial charge in [-0.25, -0.2) is 8.42 Å². The SMILES string of the molecule is CCC(C(=O)NCCSCc1ccc(C)cc1)N(c1ccc(C)c(C)c1)S(C)(=O)=O. The molecule has 0 aliphatic heterocycles. The fourth-order valence-electron chi connectivity index (χ4n) is 3.16. The highest BCUT2D eigenvalue weighted by molar-refractivity contribution is 7.98. The lowest BCUT2D eigenvalue weighted by Crippen LogP contribution is -2.49. The van der Waals surface area contributed by atoms with Gasteiger partial charge in [-0.2, -0.15) is 11.8 Å². The Balaban J connectivity index is 1.99. The first-order valence-electron chi connectivity index (χ1n) is 10.1. The fourth-order valence-corrected chi connectivity index (χ4v) is 5.18. The summed E-state index contributed by atoms with van der Waals surface area (Å²) in [6.07, 6.45) is 1.54. The van der Waals surface area contributed by atoms with E-state index in [1.54, 1.807) is 17.8 Å². The van der Waals surface area contributed by atoms with Crippen molar-refractivity contribution in [1.82, 2.24) is 5.32 Å². The molecule has 0 aliphatic rings. The predicted octanol–water partition coefficient (Wildman–Crippen LogP) is 4.21. The second kappa shape index (κ2) is 10.9. The zero-order valence-electron chi connectivity index (χ0n) is 18.4. The van der Waals surface area contributed by atoms with Gasteiger partial charge in [0.15, 0.2) is 0 Å². The number of sulfonamides is 1. The lowest BCUT2D eigenvalue weighted by atomic mass is 10.1. The molecule has 0 aliphatic carbocycles. The molecule has 2 aromatic rings. The van der Waals surface area contributed by atoms with Crippen LogP contribution in [-0.4, -0.2) is 38.9 Å². The number of thioether (sulfide) groups is 1. The van der Waals surface area contributed by atoms with Crippen LogP contribution in [0.2, 0.25) is 0 Å². The molecule has 0 fully saturated rings. The Morgan fingerprint density at radius 1 is 1.07 bits per heavy atom. The van der Waals surface area contributed by atoms with Crippen LogP contribution in [0.15, 0.2) is 42.5 Å². The summed E-state index contributed by atoms with van der Waals surface area (Å²) < 4.78 is 26.3. The van der Waals surface area contributed by atoms with Crippen LogP contribution in [0.1, 0.15) is 35.6 Å². The Morgan fingerprint density at radius 3 is 2.30 bits per heavy atom. The molecule has 0 saturated carbocycles. The van der Waals surface area contributed by atoms with Crippen molar-refractivity contribution in [3.05, 3.63) is 64.7 Å². The Bertz CT molecular complexity index is 957. The van der Waals surface area contributed by atoms with Gasteiger partial charge in [0.2, 0.25) is 15.9 Å². The van der Waals surface area contributed by atoms with Crippen molar-refractivity contribution in [3.63, 3.8) is 0 Å². The third-order valence-corrected chi connectivity index (χ3v) is 7.22. The van der Waals surface area contributed by atoms with Crippen LogP contribution in [-0.2, 0) is 20.6 Å². The van der Waals surface area contributed by atoms with E-state index in [2.05, 4.69) is 36.5 Å². The van der Waals surface area contributed by atoms with E-state index in [1.165, 1.54) is 15.4 Å². The van der Waals surface area contributed by atoms with E-state index < -0.39 is 16.1 Å². The van der Waals surface area contributed by atoms with Gasteiger partial charge < -0.3 is 5.32 Å². The predicted molar refractivity (Wildman–Crippen MR) is 128 cm³/mol. The zero-order valence-corrected chi connectivity index (χ0v) is 20.1. The van der Waals surface area contributed by atoms with Gasteiger partial charge in [-0.05, 0) is 56.0 Å². The van der Waals surface area contributed by atoms with E-state index in [9.17, 15) is 13.2 Å². The molecule has 0 radical (unpaired) electrons. The highest BCUT2D eigenvalue weighted by Crippen LogP contribution is 2.25. The van der Waals surface area contributed by atoms with Crippen LogP contribution >= 0.6 is 11.8 Å². The zero-order chi connectivity index (χ0) is 22.3. The average molecular weight is 449 g/mol. The maximum Gasteiger partial charge on any atom is 0.243 e. The van der Waals surface area contributed by atoms with Crippen molar-refractivity contribution in [2.24, 2.45) is 0 Å². The van der Waals surface area contributed by atoms with E-state index in [4.69, 9.17) is 0 Å². The number of rotatable bonds is 10. The van der Waals surface area contributed by atoms with Crippen LogP contribution in [0, 0.1) is 20.8 Å². The minimum atomic E-state index is -3.61. The molecule has 164 valence electrons. The van der Waals surface area contributed by atoms with Gasteiger partial charge in [0.1, 0.15) is 6.04 Å². The summed E-state index contributed by atoms with van der Waals surface area (Å²) in [6.45, 7) is 8.30. The maximum atomic E-state index is 12.8. The Morgan fingerprint density at radius 2 is 1.73 bits per heavy atom. The lowest BCUT2D eigenvalue weighted by Gasteiger charge is -2.30. The molecule has 0 heterocycles. The first-order chi connectivity index (χ1) is 14.1. The molecule has 0 aromatic heterocycles. The van der Waals surface area contributed by atoms with Crippen LogP contribution in [0.4, 0.5) is 5.69 Å².